The second-order valence-corrected chi connectivity index (χ2v) is 10.8. The molecule has 1 saturated heterocycles. The fourth-order valence-electron chi connectivity index (χ4n) is 5.56. The minimum absolute atomic E-state index is 0.0306. The van der Waals surface area contributed by atoms with Crippen molar-refractivity contribution in [3.63, 3.8) is 0 Å². The van der Waals surface area contributed by atoms with Crippen LogP contribution in [-0.2, 0) is 4.79 Å². The van der Waals surface area contributed by atoms with Gasteiger partial charge in [-0.15, -0.1) is 0 Å². The predicted octanol–water partition coefficient (Wildman–Crippen LogP) is 6.42. The van der Waals surface area contributed by atoms with Crippen LogP contribution in [0.15, 0.2) is 72.9 Å². The monoisotopic (exact) mass is 537 g/mol. The van der Waals surface area contributed by atoms with Crippen LogP contribution in [0.5, 0.6) is 0 Å². The SMILES string of the molecule is Cc1ccc(C)c(NC(=O)CCN2C(=S)NC(c3ccccn3)C2c2cc(C)n(-c3ccccc3C)c2C)c1. The fraction of sp³-hybridized carbons (Fsp3) is 0.281. The van der Waals surface area contributed by atoms with Gasteiger partial charge >= 0.3 is 0 Å². The number of rotatable bonds is 7. The highest BCUT2D eigenvalue weighted by Gasteiger charge is 2.41. The predicted molar refractivity (Wildman–Crippen MR) is 161 cm³/mol. The molecule has 39 heavy (non-hydrogen) atoms. The largest absolute Gasteiger partial charge is 0.352 e. The molecule has 5 rings (SSSR count). The number of nitrogens with one attached hydrogen (secondary N) is 2. The van der Waals surface area contributed by atoms with Crippen LogP contribution in [0.1, 0.15) is 57.8 Å². The van der Waals surface area contributed by atoms with Crippen molar-refractivity contribution in [3.05, 3.63) is 112 Å². The van der Waals surface area contributed by atoms with Crippen LogP contribution >= 0.6 is 12.2 Å². The highest BCUT2D eigenvalue weighted by molar-refractivity contribution is 7.80. The zero-order chi connectivity index (χ0) is 27.7. The summed E-state index contributed by atoms with van der Waals surface area (Å²) in [6.45, 7) is 11.0. The summed E-state index contributed by atoms with van der Waals surface area (Å²) in [5.41, 5.74) is 9.81. The molecular formula is C32H35N5OS. The molecule has 6 nitrogen and oxygen atoms in total. The Morgan fingerprint density at radius 2 is 1.74 bits per heavy atom. The van der Waals surface area contributed by atoms with E-state index in [9.17, 15) is 4.79 Å². The maximum absolute atomic E-state index is 13.1. The Morgan fingerprint density at radius 1 is 0.974 bits per heavy atom. The highest BCUT2D eigenvalue weighted by Crippen LogP contribution is 2.41. The normalized spacial score (nSPS) is 16.8. The van der Waals surface area contributed by atoms with Gasteiger partial charge < -0.3 is 20.1 Å². The number of thiocarbonyl (C=S) groups is 1. The summed E-state index contributed by atoms with van der Waals surface area (Å²) in [4.78, 5) is 19.9. The van der Waals surface area contributed by atoms with Crippen molar-refractivity contribution in [2.24, 2.45) is 0 Å². The number of aromatic nitrogens is 2. The Kier molecular flexibility index (Phi) is 7.53. The molecule has 0 saturated carbocycles. The van der Waals surface area contributed by atoms with Crippen LogP contribution in [0.25, 0.3) is 5.69 Å². The molecule has 2 aromatic heterocycles. The first-order chi connectivity index (χ1) is 18.7. The molecule has 0 aliphatic carbocycles. The zero-order valence-electron chi connectivity index (χ0n) is 23.2. The number of benzene rings is 2. The summed E-state index contributed by atoms with van der Waals surface area (Å²) in [7, 11) is 0. The molecule has 200 valence electrons. The lowest BCUT2D eigenvalue weighted by molar-refractivity contribution is -0.116. The van der Waals surface area contributed by atoms with Gasteiger partial charge in [0.25, 0.3) is 0 Å². The Balaban J connectivity index is 1.48. The lowest BCUT2D eigenvalue weighted by Gasteiger charge is -2.28. The van der Waals surface area contributed by atoms with Crippen LogP contribution in [0, 0.1) is 34.6 Å². The van der Waals surface area contributed by atoms with Crippen LogP contribution < -0.4 is 10.6 Å². The number of carbonyl (C=O) groups is 1. The van der Waals surface area contributed by atoms with E-state index in [-0.39, 0.29) is 18.0 Å². The van der Waals surface area contributed by atoms with E-state index < -0.39 is 0 Å². The van der Waals surface area contributed by atoms with Crippen molar-refractivity contribution in [2.75, 3.05) is 11.9 Å². The lowest BCUT2D eigenvalue weighted by Crippen LogP contribution is -2.33. The lowest BCUT2D eigenvalue weighted by atomic mass is 9.96. The Labute approximate surface area is 236 Å². The summed E-state index contributed by atoms with van der Waals surface area (Å²) >= 11 is 5.86. The number of carbonyl (C=O) groups excluding carboxylic acids is 1. The molecule has 1 fully saturated rings. The maximum Gasteiger partial charge on any atom is 0.226 e. The van der Waals surface area contributed by atoms with E-state index >= 15 is 0 Å². The fourth-order valence-corrected chi connectivity index (χ4v) is 5.89. The molecule has 0 radical (unpaired) electrons. The average Bonchev–Trinajstić information content (AvgIpc) is 3.40. The molecule has 2 unspecified atom stereocenters. The standard InChI is InChI=1S/C32H35N5OS/c1-20-13-14-21(2)27(18-20)34-29(38)15-17-36-31(30(35-32(36)39)26-11-8-9-16-33-26)25-19-23(4)37(24(25)5)28-12-7-6-10-22(28)3/h6-14,16,18-19,30-31H,15,17H2,1-5H3,(H,34,38)(H,35,39). The van der Waals surface area contributed by atoms with Crippen molar-refractivity contribution in [1.82, 2.24) is 19.8 Å². The van der Waals surface area contributed by atoms with Gasteiger partial charge in [0.05, 0.1) is 17.8 Å². The van der Waals surface area contributed by atoms with Crippen LogP contribution in [0.4, 0.5) is 5.69 Å². The summed E-state index contributed by atoms with van der Waals surface area (Å²) in [6.07, 6.45) is 2.13. The summed E-state index contributed by atoms with van der Waals surface area (Å²) < 4.78 is 2.31. The van der Waals surface area contributed by atoms with Crippen molar-refractivity contribution < 1.29 is 4.79 Å². The van der Waals surface area contributed by atoms with Crippen molar-refractivity contribution in [3.8, 4) is 5.69 Å². The minimum Gasteiger partial charge on any atom is -0.352 e. The number of anilines is 1. The summed E-state index contributed by atoms with van der Waals surface area (Å²) in [5.74, 6) is -0.0306. The van der Waals surface area contributed by atoms with E-state index in [1.807, 2.05) is 50.4 Å². The Morgan fingerprint density at radius 3 is 2.49 bits per heavy atom. The van der Waals surface area contributed by atoms with Gasteiger partial charge in [-0.3, -0.25) is 9.78 Å². The zero-order valence-corrected chi connectivity index (χ0v) is 24.0. The number of para-hydroxylation sites is 1. The second kappa shape index (κ2) is 11.0. The molecule has 4 aromatic rings. The average molecular weight is 538 g/mol. The first-order valence-electron chi connectivity index (χ1n) is 13.3. The van der Waals surface area contributed by atoms with Gasteiger partial charge in [0.15, 0.2) is 5.11 Å². The number of aryl methyl sites for hydroxylation is 4. The van der Waals surface area contributed by atoms with E-state index in [0.29, 0.717) is 18.1 Å². The highest BCUT2D eigenvalue weighted by atomic mass is 32.1. The molecule has 1 aliphatic heterocycles. The van der Waals surface area contributed by atoms with Crippen LogP contribution in [0.2, 0.25) is 0 Å². The topological polar surface area (TPSA) is 62.2 Å². The van der Waals surface area contributed by atoms with Crippen molar-refractivity contribution >= 4 is 28.9 Å². The molecule has 2 N–H and O–H groups in total. The van der Waals surface area contributed by atoms with Crippen molar-refractivity contribution in [1.29, 1.82) is 0 Å². The Hall–Kier alpha value is -3.97. The number of hydrogen-bond donors (Lipinski definition) is 2. The molecule has 1 aliphatic rings. The molecular weight excluding hydrogens is 502 g/mol. The van der Waals surface area contributed by atoms with Crippen LogP contribution in [-0.4, -0.2) is 32.0 Å². The number of pyridine rings is 1. The van der Waals surface area contributed by atoms with E-state index in [0.717, 1.165) is 33.9 Å². The van der Waals surface area contributed by atoms with Gasteiger partial charge in [0.2, 0.25) is 5.91 Å². The first-order valence-corrected chi connectivity index (χ1v) is 13.8. The van der Waals surface area contributed by atoms with Crippen LogP contribution in [0.3, 0.4) is 0 Å². The van der Waals surface area contributed by atoms with E-state index in [1.54, 1.807) is 0 Å². The molecule has 2 aromatic carbocycles. The Bertz CT molecular complexity index is 1530. The summed E-state index contributed by atoms with van der Waals surface area (Å²) in [5, 5.41) is 7.25. The molecule has 0 spiro atoms. The maximum atomic E-state index is 13.1. The van der Waals surface area contributed by atoms with Gasteiger partial charge in [0, 0.05) is 41.9 Å². The quantitative estimate of drug-likeness (QED) is 0.267. The number of nitrogens with zero attached hydrogens (tertiary/aromatic N) is 3. The number of amides is 1. The molecule has 2 atom stereocenters. The van der Waals surface area contributed by atoms with E-state index in [1.165, 1.54) is 16.8 Å². The molecule has 0 bridgehead atoms. The molecule has 3 heterocycles. The third-order valence-electron chi connectivity index (χ3n) is 7.59. The van der Waals surface area contributed by atoms with Gasteiger partial charge in [-0.2, -0.15) is 0 Å². The first kappa shape index (κ1) is 26.6. The molecule has 1 amide bonds. The smallest absolute Gasteiger partial charge is 0.226 e. The van der Waals surface area contributed by atoms with Gasteiger partial charge in [0.1, 0.15) is 0 Å². The third kappa shape index (κ3) is 5.32. The molecule has 7 heteroatoms. The van der Waals surface area contributed by atoms with Gasteiger partial charge in [-0.25, -0.2) is 0 Å². The second-order valence-electron chi connectivity index (χ2n) is 10.4. The van der Waals surface area contributed by atoms with Gasteiger partial charge in [-0.1, -0.05) is 36.4 Å². The van der Waals surface area contributed by atoms with E-state index in [4.69, 9.17) is 12.2 Å². The van der Waals surface area contributed by atoms with Crippen molar-refractivity contribution in [2.45, 2.75) is 53.1 Å². The number of hydrogen-bond acceptors (Lipinski definition) is 3. The third-order valence-corrected chi connectivity index (χ3v) is 7.94. The van der Waals surface area contributed by atoms with E-state index in [2.05, 4.69) is 82.3 Å². The van der Waals surface area contributed by atoms with Gasteiger partial charge in [-0.05, 0) is 99.4 Å². The minimum atomic E-state index is -0.133. The summed E-state index contributed by atoms with van der Waals surface area (Å²) in [6, 6.07) is 22.5.